The third-order valence-corrected chi connectivity index (χ3v) is 80.6. The Morgan fingerprint density at radius 2 is 0.585 bits per heavy atom. The molecule has 1 atom stereocenters. The maximum Gasteiger partial charge on any atom is 0.522 e. The van der Waals surface area contributed by atoms with Crippen LogP contribution in [0.3, 0.4) is 0 Å². The maximum absolute atomic E-state index is 11.6. The molecule has 2 aliphatic rings. The number of ether oxygens (including phenoxy) is 8. The molecule has 0 aliphatic carbocycles. The minimum Gasteiger partial charge on any atom is -0.462 e. The lowest BCUT2D eigenvalue weighted by molar-refractivity contribution is -0.139. The van der Waals surface area contributed by atoms with Gasteiger partial charge >= 0.3 is 103 Å². The van der Waals surface area contributed by atoms with Gasteiger partial charge in [-0.1, -0.05) is 45.5 Å². The summed E-state index contributed by atoms with van der Waals surface area (Å²) in [5.74, 6) is -2.09. The standard InChI is InChI=1S/C24H48O8Si3.C21H44O7Si4.C18H34O5Si2.C8H24O4Si4.C5H10O2.C4H16O4Si4.CHF3O3S/c1-21(2)23(26)29-15-11-18-33(5,6)31-35(9,20-10-14-28-17-13-25)32-34(7,8)19-12-16-30-24(27)22(3)4;1-18(2)20(22)24-14-12-16-30(6,7)26-29(5)27-32(10,11)28-31(8,9)17-13-15-25-21(23)19(3)4;1-15(2)17(19)21-11-9-13-24(5,6)23-25(7,8)14-10-12-22-18(20)16(3)4;1-13(2)9-14(3,4)11-16(7,8)12-15(5,6)10-13;1-2-4-7-5-3-6;1-9-5-10(2)7-12(4)8-11(3)6-9;2-1(3,4)8(5,6)7/h25H,1,3,10-20H2,2,4-9H3;29H,1,3,12-17H2,2,4-11H3;1,3,9-14H2,2,4-8H3;1-8H3;2,6H,1,3-5H2;9-12H,1-4H3;(H,5,6,7). The van der Waals surface area contributed by atoms with E-state index >= 15 is 0 Å². The fourth-order valence-corrected chi connectivity index (χ4v) is 85.6. The van der Waals surface area contributed by atoms with Crippen molar-refractivity contribution in [2.24, 2.45) is 0 Å². The number of esters is 6. The average molecular weight is 2250 g/mol. The number of halogens is 3. The first kappa shape index (κ1) is 141. The Balaban J connectivity index is -0.000000517. The number of carbonyl (C=O) groups excluding carboxylic acids is 6. The minimum absolute atomic E-state index is 0.00743. The van der Waals surface area contributed by atoms with Crippen molar-refractivity contribution < 1.29 is 161 Å². The van der Waals surface area contributed by atoms with Crippen molar-refractivity contribution in [2.45, 2.75) is 318 Å². The first-order valence-corrected chi connectivity index (χ1v) is 92.8. The third kappa shape index (κ3) is 81.6. The molecule has 135 heavy (non-hydrogen) atoms. The highest BCUT2D eigenvalue weighted by atomic mass is 32.2. The molecule has 2 rings (SSSR count). The summed E-state index contributed by atoms with van der Waals surface area (Å²) < 4.78 is 186. The predicted octanol–water partition coefficient (Wildman–Crippen LogP) is 17.3. The van der Waals surface area contributed by atoms with Crippen LogP contribution in [0.5, 0.6) is 0 Å². The Morgan fingerprint density at radius 1 is 0.370 bits per heavy atom. The normalized spacial score (nSPS) is 17.6. The van der Waals surface area contributed by atoms with Gasteiger partial charge in [-0.25, -0.2) is 28.8 Å². The summed E-state index contributed by atoms with van der Waals surface area (Å²) in [4.78, 5) is 68.9. The summed E-state index contributed by atoms with van der Waals surface area (Å²) in [7, 11) is -38.4. The Hall–Kier alpha value is -2.33. The van der Waals surface area contributed by atoms with Crippen LogP contribution in [0.1, 0.15) is 86.5 Å². The number of hydrogen-bond donors (Lipinski definition) is 3. The van der Waals surface area contributed by atoms with Gasteiger partial charge in [0.15, 0.2) is 49.9 Å². The average Bonchev–Trinajstić information content (AvgIpc) is 0.786. The van der Waals surface area contributed by atoms with Gasteiger partial charge in [-0.2, -0.15) is 21.6 Å². The van der Waals surface area contributed by atoms with Crippen LogP contribution in [0.15, 0.2) is 85.6 Å². The number of carbonyl (C=O) groups is 6. The SMILES string of the molecule is C=C(C)C(=O)OCCC[Si](C)(C)O[SiH](C)O[Si](C)(C)O[Si](C)(C)CCCOC(=O)C(=C)C.C=C(C)C(=O)OCCC[Si](C)(C)O[Si](C)(C)CCCOC(=O)C(=C)C.C=C(C)C(=O)OCCC[Si](C)(C)O[Si](C)(CCCOCCO)O[Si](C)(C)CCCOC(=O)C(=C)C.C=CCOCCO.C[SiH]1O[SiH](C)O[SiH](C)O[SiH](C)O1.C[Si]1(C)O[Si](C)(C)O[Si](C)(C)O[Si](C)(C)O1.O=S(=O)(O)C(F)(F)F. The zero-order valence-corrected chi connectivity index (χ0v) is 107. The van der Waals surface area contributed by atoms with Crippen LogP contribution in [0.4, 0.5) is 13.2 Å². The van der Waals surface area contributed by atoms with Gasteiger partial charge in [0.1, 0.15) is 0 Å². The minimum atomic E-state index is -5.84. The Kier molecular flexibility index (Phi) is 71.2. The molecular formula is C81H177F3O33SSi17. The van der Waals surface area contributed by atoms with Gasteiger partial charge in [-0.3, -0.25) is 4.55 Å². The Labute approximate surface area is 830 Å². The first-order valence-electron chi connectivity index (χ1n) is 45.6. The smallest absolute Gasteiger partial charge is 0.462 e. The Bertz CT molecular complexity index is 3490. The van der Waals surface area contributed by atoms with Crippen molar-refractivity contribution in [3.05, 3.63) is 85.6 Å². The summed E-state index contributed by atoms with van der Waals surface area (Å²) in [6, 6.07) is 6.15. The second-order valence-electron chi connectivity index (χ2n) is 38.7. The summed E-state index contributed by atoms with van der Waals surface area (Å²) in [5, 5.41) is 17.1. The predicted molar refractivity (Wildman–Crippen MR) is 568 cm³/mol. The number of aliphatic hydroxyl groups is 2. The van der Waals surface area contributed by atoms with Gasteiger partial charge in [-0.05, 0) is 312 Å². The lowest BCUT2D eigenvalue weighted by atomic mass is 10.4. The van der Waals surface area contributed by atoms with E-state index < -0.39 is 163 Å². The van der Waals surface area contributed by atoms with Gasteiger partial charge < -0.3 is 106 Å². The van der Waals surface area contributed by atoms with Crippen molar-refractivity contribution in [3.8, 4) is 0 Å². The van der Waals surface area contributed by atoms with Crippen LogP contribution in [-0.2, 0) is 134 Å². The fraction of sp³-hybridized carbons (Fsp3) is 0.753. The largest absolute Gasteiger partial charge is 0.522 e. The van der Waals surface area contributed by atoms with E-state index in [2.05, 4.69) is 203 Å². The highest BCUT2D eigenvalue weighted by Crippen LogP contribution is 2.34. The van der Waals surface area contributed by atoms with E-state index in [-0.39, 0.29) is 49.0 Å². The number of hydrogen-bond acceptors (Lipinski definition) is 32. The monoisotopic (exact) mass is 2240 g/mol. The van der Waals surface area contributed by atoms with Crippen LogP contribution < -0.4 is 0 Å². The van der Waals surface area contributed by atoms with E-state index in [1.54, 1.807) is 47.6 Å². The van der Waals surface area contributed by atoms with Crippen molar-refractivity contribution >= 4 is 194 Å². The highest BCUT2D eigenvalue weighted by molar-refractivity contribution is 7.86. The van der Waals surface area contributed by atoms with Crippen LogP contribution in [0.2, 0.25) is 226 Å². The summed E-state index contributed by atoms with van der Waals surface area (Å²) >= 11 is 0. The topological polar surface area (TPSA) is 400 Å². The van der Waals surface area contributed by atoms with Crippen molar-refractivity contribution in [1.29, 1.82) is 0 Å². The van der Waals surface area contributed by atoms with E-state index in [1.807, 2.05) is 26.2 Å². The number of aliphatic hydroxyl groups excluding tert-OH is 2. The van der Waals surface area contributed by atoms with E-state index in [4.69, 9.17) is 119 Å². The fourth-order valence-electron chi connectivity index (χ4n) is 13.2. The molecule has 0 aromatic carbocycles. The molecule has 0 aromatic rings. The molecule has 33 nitrogen and oxygen atoms in total. The van der Waals surface area contributed by atoms with Crippen LogP contribution in [0.25, 0.3) is 0 Å². The molecule has 2 fully saturated rings. The van der Waals surface area contributed by atoms with Crippen LogP contribution >= 0.6 is 0 Å². The van der Waals surface area contributed by atoms with Crippen molar-refractivity contribution in [2.75, 3.05) is 79.3 Å². The third-order valence-electron chi connectivity index (χ3n) is 17.4. The Morgan fingerprint density at radius 3 is 0.807 bits per heavy atom. The molecule has 0 spiro atoms. The van der Waals surface area contributed by atoms with Crippen LogP contribution in [-0.4, -0.2) is 291 Å². The molecule has 1 unspecified atom stereocenters. The van der Waals surface area contributed by atoms with Gasteiger partial charge in [0.2, 0.25) is 0 Å². The molecule has 0 saturated carbocycles. The summed E-state index contributed by atoms with van der Waals surface area (Å²) in [6.45, 7) is 98.2. The molecule has 54 heteroatoms. The molecule has 2 heterocycles. The highest BCUT2D eigenvalue weighted by Gasteiger charge is 2.51. The molecule has 0 aromatic heterocycles. The van der Waals surface area contributed by atoms with Crippen LogP contribution in [0, 0.1) is 0 Å². The maximum atomic E-state index is 11.6. The van der Waals surface area contributed by atoms with E-state index in [0.29, 0.717) is 99.5 Å². The zero-order valence-electron chi connectivity index (χ0n) is 88.4. The lowest BCUT2D eigenvalue weighted by Gasteiger charge is -2.46. The van der Waals surface area contributed by atoms with Gasteiger partial charge in [0, 0.05) is 40.0 Å². The van der Waals surface area contributed by atoms with Crippen molar-refractivity contribution in [3.63, 3.8) is 0 Å². The summed E-state index contributed by atoms with van der Waals surface area (Å²) in [5.41, 5.74) is -3.06. The molecular weight excluding hydrogens is 2070 g/mol. The molecule has 0 amide bonds. The van der Waals surface area contributed by atoms with E-state index in [1.165, 1.54) is 0 Å². The second kappa shape index (κ2) is 68.1. The molecule has 0 bridgehead atoms. The summed E-state index contributed by atoms with van der Waals surface area (Å²) in [6.07, 6.45) is 7.06. The number of rotatable bonds is 52. The quantitative estimate of drug-likeness (QED) is 0.00744. The van der Waals surface area contributed by atoms with Gasteiger partial charge in [-0.15, -0.1) is 6.58 Å². The zero-order chi connectivity index (χ0) is 106. The van der Waals surface area contributed by atoms with E-state index in [9.17, 15) is 41.9 Å². The van der Waals surface area contributed by atoms with Gasteiger partial charge in [0.25, 0.3) is 46.4 Å². The molecule has 0 radical (unpaired) electrons. The van der Waals surface area contributed by atoms with E-state index in [0.717, 1.165) is 87.3 Å². The first-order chi connectivity index (χ1) is 61.0. The molecule has 794 valence electrons. The van der Waals surface area contributed by atoms with Gasteiger partial charge in [0.05, 0.1) is 72.7 Å². The second-order valence-corrected chi connectivity index (χ2v) is 99.4. The molecule has 3 N–H and O–H groups in total. The molecule has 2 aliphatic heterocycles. The van der Waals surface area contributed by atoms with Crippen molar-refractivity contribution in [1.82, 2.24) is 0 Å². The number of alkyl halides is 3. The molecule has 2 saturated heterocycles. The lowest BCUT2D eigenvalue weighted by Crippen LogP contribution is -2.64.